The van der Waals surface area contributed by atoms with Crippen molar-refractivity contribution in [2.75, 3.05) is 47.5 Å². The zero-order chi connectivity index (χ0) is 16.2. The summed E-state index contributed by atoms with van der Waals surface area (Å²) >= 11 is 0. The van der Waals surface area contributed by atoms with E-state index in [1.807, 2.05) is 6.07 Å². The van der Waals surface area contributed by atoms with E-state index in [1.54, 1.807) is 21.3 Å². The Morgan fingerprint density at radius 1 is 1.00 bits per heavy atom. The highest BCUT2D eigenvalue weighted by Gasteiger charge is 2.36. The summed E-state index contributed by atoms with van der Waals surface area (Å²) in [6.45, 7) is 4.27. The molecule has 1 saturated carbocycles. The number of nitrogens with one attached hydrogen (secondary N) is 1. The first-order chi connectivity index (χ1) is 11.3. The highest BCUT2D eigenvalue weighted by molar-refractivity contribution is 5.57. The molecule has 0 radical (unpaired) electrons. The molecule has 0 unspecified atom stereocenters. The van der Waals surface area contributed by atoms with Crippen LogP contribution in [-0.4, -0.2) is 52.4 Å². The number of methoxy groups -OCH3 is 3. The number of hydrogen-bond donors (Lipinski definition) is 1. The van der Waals surface area contributed by atoms with Gasteiger partial charge in [-0.3, -0.25) is 4.90 Å². The van der Waals surface area contributed by atoms with Gasteiger partial charge in [0.1, 0.15) is 0 Å². The lowest BCUT2D eigenvalue weighted by Crippen LogP contribution is -2.47. The molecule has 1 atom stereocenters. The van der Waals surface area contributed by atoms with Gasteiger partial charge in [0.05, 0.1) is 21.3 Å². The van der Waals surface area contributed by atoms with Crippen molar-refractivity contribution in [1.29, 1.82) is 0 Å². The van der Waals surface area contributed by atoms with Gasteiger partial charge < -0.3 is 19.5 Å². The van der Waals surface area contributed by atoms with Gasteiger partial charge in [-0.25, -0.2) is 0 Å². The molecular formula is C18H28N2O3. The summed E-state index contributed by atoms with van der Waals surface area (Å²) in [7, 11) is 5.06. The molecule has 1 saturated heterocycles. The quantitative estimate of drug-likeness (QED) is 0.872. The van der Waals surface area contributed by atoms with Crippen LogP contribution in [-0.2, 0) is 0 Å². The molecular weight excluding hydrogens is 292 g/mol. The molecule has 128 valence electrons. The van der Waals surface area contributed by atoms with Crippen molar-refractivity contribution in [2.24, 2.45) is 5.92 Å². The molecule has 0 aromatic heterocycles. The number of benzene rings is 1. The van der Waals surface area contributed by atoms with Gasteiger partial charge in [0.2, 0.25) is 5.75 Å². The van der Waals surface area contributed by atoms with Crippen molar-refractivity contribution in [3.8, 4) is 17.2 Å². The van der Waals surface area contributed by atoms with Crippen molar-refractivity contribution >= 4 is 0 Å². The summed E-state index contributed by atoms with van der Waals surface area (Å²) in [4.78, 5) is 2.60. The fraction of sp³-hybridized carbons (Fsp3) is 0.667. The predicted octanol–water partition coefficient (Wildman–Crippen LogP) is 2.46. The molecule has 0 spiro atoms. The number of piperazine rings is 1. The van der Waals surface area contributed by atoms with E-state index in [0.29, 0.717) is 17.7 Å². The standard InChI is InChI=1S/C18H28N2O3/c1-21-15-8-7-14(17(22-2)18(15)23-3)16(13-5-4-6-13)20-11-9-19-10-12-20/h7-8,13,16,19H,4-6,9-12H2,1-3H3/t16-/m0/s1. The van der Waals surface area contributed by atoms with E-state index in [4.69, 9.17) is 14.2 Å². The van der Waals surface area contributed by atoms with Crippen molar-refractivity contribution in [1.82, 2.24) is 10.2 Å². The van der Waals surface area contributed by atoms with Gasteiger partial charge in [-0.15, -0.1) is 0 Å². The lowest BCUT2D eigenvalue weighted by Gasteiger charge is -2.43. The van der Waals surface area contributed by atoms with Crippen molar-refractivity contribution in [2.45, 2.75) is 25.3 Å². The fourth-order valence-corrected chi connectivity index (χ4v) is 3.82. The summed E-state index contributed by atoms with van der Waals surface area (Å²) in [6, 6.07) is 4.57. The molecule has 0 amide bonds. The Balaban J connectivity index is 2.00. The molecule has 2 aliphatic rings. The monoisotopic (exact) mass is 320 g/mol. The highest BCUT2D eigenvalue weighted by Crippen LogP contribution is 2.49. The second-order valence-corrected chi connectivity index (χ2v) is 6.35. The summed E-state index contributed by atoms with van der Waals surface area (Å²) in [6.07, 6.45) is 3.93. The van der Waals surface area contributed by atoms with Crippen molar-refractivity contribution < 1.29 is 14.2 Å². The second kappa shape index (κ2) is 7.41. The number of ether oxygens (including phenoxy) is 3. The van der Waals surface area contributed by atoms with E-state index in [1.165, 1.54) is 24.8 Å². The number of hydrogen-bond acceptors (Lipinski definition) is 5. The third-order valence-electron chi connectivity index (χ3n) is 5.19. The molecule has 1 heterocycles. The minimum atomic E-state index is 0.403. The molecule has 5 nitrogen and oxygen atoms in total. The normalized spacial score (nSPS) is 20.7. The van der Waals surface area contributed by atoms with Crippen molar-refractivity contribution in [3.05, 3.63) is 17.7 Å². The lowest BCUT2D eigenvalue weighted by molar-refractivity contribution is 0.0814. The Hall–Kier alpha value is -1.46. The van der Waals surface area contributed by atoms with Crippen LogP contribution in [0.15, 0.2) is 12.1 Å². The zero-order valence-corrected chi connectivity index (χ0v) is 14.4. The van der Waals surface area contributed by atoms with Gasteiger partial charge in [0, 0.05) is 37.8 Å². The van der Waals surface area contributed by atoms with E-state index < -0.39 is 0 Å². The molecule has 1 N–H and O–H groups in total. The smallest absolute Gasteiger partial charge is 0.203 e. The van der Waals surface area contributed by atoms with E-state index in [-0.39, 0.29) is 0 Å². The topological polar surface area (TPSA) is 43.0 Å². The molecule has 0 bridgehead atoms. The van der Waals surface area contributed by atoms with Crippen LogP contribution in [0.25, 0.3) is 0 Å². The van der Waals surface area contributed by atoms with Crippen molar-refractivity contribution in [3.63, 3.8) is 0 Å². The van der Waals surface area contributed by atoms with E-state index in [9.17, 15) is 0 Å². The van der Waals surface area contributed by atoms with Gasteiger partial charge in [-0.1, -0.05) is 6.42 Å². The number of rotatable bonds is 6. The molecule has 2 fully saturated rings. The SMILES string of the molecule is COc1ccc([C@H](C2CCC2)N2CCNCC2)c(OC)c1OC. The van der Waals surface area contributed by atoms with Gasteiger partial charge in [0.15, 0.2) is 11.5 Å². The average molecular weight is 320 g/mol. The highest BCUT2D eigenvalue weighted by atomic mass is 16.5. The van der Waals surface area contributed by atoms with Crippen LogP contribution in [0, 0.1) is 5.92 Å². The van der Waals surface area contributed by atoms with Crippen LogP contribution in [0.5, 0.6) is 17.2 Å². The lowest BCUT2D eigenvalue weighted by atomic mass is 9.76. The largest absolute Gasteiger partial charge is 0.493 e. The van der Waals surface area contributed by atoms with Crippen LogP contribution in [0.4, 0.5) is 0 Å². The van der Waals surface area contributed by atoms with Crippen LogP contribution >= 0.6 is 0 Å². The Labute approximate surface area is 138 Å². The van der Waals surface area contributed by atoms with E-state index in [2.05, 4.69) is 16.3 Å². The maximum atomic E-state index is 5.75. The summed E-state index contributed by atoms with van der Waals surface area (Å²) in [5, 5.41) is 3.45. The third kappa shape index (κ3) is 3.12. The molecule has 1 aliphatic heterocycles. The summed E-state index contributed by atoms with van der Waals surface area (Å²) < 4.78 is 16.8. The summed E-state index contributed by atoms with van der Waals surface area (Å²) in [5.74, 6) is 2.95. The Kier molecular flexibility index (Phi) is 5.28. The van der Waals surface area contributed by atoms with E-state index in [0.717, 1.165) is 37.7 Å². The predicted molar refractivity (Wildman–Crippen MR) is 90.6 cm³/mol. The van der Waals surface area contributed by atoms with Crippen LogP contribution < -0.4 is 19.5 Å². The van der Waals surface area contributed by atoms with Gasteiger partial charge in [-0.05, 0) is 30.9 Å². The van der Waals surface area contributed by atoms with Crippen LogP contribution in [0.1, 0.15) is 30.9 Å². The maximum Gasteiger partial charge on any atom is 0.203 e. The maximum absolute atomic E-state index is 5.75. The Morgan fingerprint density at radius 3 is 2.22 bits per heavy atom. The minimum Gasteiger partial charge on any atom is -0.493 e. The second-order valence-electron chi connectivity index (χ2n) is 6.35. The first kappa shape index (κ1) is 16.4. The van der Waals surface area contributed by atoms with E-state index >= 15 is 0 Å². The zero-order valence-electron chi connectivity index (χ0n) is 14.4. The van der Waals surface area contributed by atoms with Gasteiger partial charge in [0.25, 0.3) is 0 Å². The fourth-order valence-electron chi connectivity index (χ4n) is 3.82. The van der Waals surface area contributed by atoms with Gasteiger partial charge >= 0.3 is 0 Å². The number of nitrogens with zero attached hydrogens (tertiary/aromatic N) is 1. The summed E-state index contributed by atoms with van der Waals surface area (Å²) in [5.41, 5.74) is 1.23. The first-order valence-electron chi connectivity index (χ1n) is 8.53. The molecule has 1 aromatic rings. The Bertz CT molecular complexity index is 525. The average Bonchev–Trinajstić information content (AvgIpc) is 2.57. The van der Waals surface area contributed by atoms with Crippen LogP contribution in [0.2, 0.25) is 0 Å². The van der Waals surface area contributed by atoms with Gasteiger partial charge in [-0.2, -0.15) is 0 Å². The molecule has 1 aromatic carbocycles. The molecule has 5 heteroatoms. The minimum absolute atomic E-state index is 0.403. The molecule has 23 heavy (non-hydrogen) atoms. The molecule has 1 aliphatic carbocycles. The third-order valence-corrected chi connectivity index (χ3v) is 5.19. The Morgan fingerprint density at radius 2 is 1.70 bits per heavy atom. The first-order valence-corrected chi connectivity index (χ1v) is 8.53. The van der Waals surface area contributed by atoms with Crippen LogP contribution in [0.3, 0.4) is 0 Å². The molecule has 3 rings (SSSR count).